The highest BCUT2D eigenvalue weighted by Crippen LogP contribution is 2.32. The summed E-state index contributed by atoms with van der Waals surface area (Å²) in [5.74, 6) is -3.00. The van der Waals surface area contributed by atoms with Crippen LogP contribution in [0.5, 0.6) is 0 Å². The number of nitrogens with zero attached hydrogens (tertiary/aromatic N) is 2. The summed E-state index contributed by atoms with van der Waals surface area (Å²) in [5, 5.41) is 6.37. The van der Waals surface area contributed by atoms with Gasteiger partial charge in [0.05, 0.1) is 29.3 Å². The van der Waals surface area contributed by atoms with Crippen molar-refractivity contribution in [1.29, 1.82) is 0 Å². The zero-order valence-corrected chi connectivity index (χ0v) is 17.9. The van der Waals surface area contributed by atoms with Crippen LogP contribution < -0.4 is 5.32 Å². The molecule has 2 aromatic rings. The molecular formula is C19H19F6N3O3S. The summed E-state index contributed by atoms with van der Waals surface area (Å²) < 4.78 is 82.4. The number of thioether (sulfide) groups is 1. The molecule has 0 bridgehead atoms. The van der Waals surface area contributed by atoms with Gasteiger partial charge in [0.2, 0.25) is 5.91 Å². The standard InChI is InChI=1S/C19H19F6N3O3S/c1-4-31-17(30)16(26-14(29)9-32-19(23,24)25)15-10(2)27-28(11(15)3)13-7-5-6-12(8-13)18(20,21)22/h5-8,16H,4,9H2,1-3H3,(H,26,29). The minimum Gasteiger partial charge on any atom is -0.464 e. The van der Waals surface area contributed by atoms with E-state index >= 15 is 0 Å². The van der Waals surface area contributed by atoms with Gasteiger partial charge in [0, 0.05) is 11.3 Å². The fourth-order valence-electron chi connectivity index (χ4n) is 2.96. The zero-order valence-electron chi connectivity index (χ0n) is 17.1. The van der Waals surface area contributed by atoms with E-state index in [2.05, 4.69) is 10.4 Å². The molecule has 6 nitrogen and oxygen atoms in total. The largest absolute Gasteiger partial charge is 0.464 e. The Morgan fingerprint density at radius 3 is 2.41 bits per heavy atom. The van der Waals surface area contributed by atoms with Crippen LogP contribution >= 0.6 is 11.8 Å². The van der Waals surface area contributed by atoms with Crippen LogP contribution in [0.3, 0.4) is 0 Å². The first-order valence-corrected chi connectivity index (χ1v) is 10.1. The molecule has 0 aliphatic heterocycles. The number of amides is 1. The number of benzene rings is 1. The number of nitrogens with one attached hydrogen (secondary N) is 1. The van der Waals surface area contributed by atoms with Crippen LogP contribution in [0, 0.1) is 13.8 Å². The van der Waals surface area contributed by atoms with Gasteiger partial charge in [-0.25, -0.2) is 9.48 Å². The quantitative estimate of drug-likeness (QED) is 0.465. The van der Waals surface area contributed by atoms with Crippen molar-refractivity contribution < 1.29 is 40.7 Å². The maximum atomic E-state index is 13.1. The van der Waals surface area contributed by atoms with Gasteiger partial charge in [-0.15, -0.1) is 0 Å². The number of alkyl halides is 6. The SMILES string of the molecule is CCOC(=O)C(NC(=O)CSC(F)(F)F)c1c(C)nn(-c2cccc(C(F)(F)F)c2)c1C. The first-order chi connectivity index (χ1) is 14.7. The summed E-state index contributed by atoms with van der Waals surface area (Å²) in [7, 11) is 0. The van der Waals surface area contributed by atoms with Gasteiger partial charge in [-0.3, -0.25) is 4.79 Å². The van der Waals surface area contributed by atoms with E-state index in [0.717, 1.165) is 16.8 Å². The molecule has 0 fully saturated rings. The predicted octanol–water partition coefficient (Wildman–Crippen LogP) is 4.48. The van der Waals surface area contributed by atoms with Gasteiger partial charge in [-0.1, -0.05) is 6.07 Å². The summed E-state index contributed by atoms with van der Waals surface area (Å²) in [6.07, 6.45) is -4.59. The molecule has 0 saturated heterocycles. The molecule has 176 valence electrons. The Labute approximate surface area is 183 Å². The normalized spacial score (nSPS) is 13.0. The Balaban J connectivity index is 2.44. The van der Waals surface area contributed by atoms with Crippen LogP contribution in [-0.2, 0) is 20.5 Å². The molecule has 1 aromatic carbocycles. The first-order valence-electron chi connectivity index (χ1n) is 9.15. The Morgan fingerprint density at radius 2 is 1.84 bits per heavy atom. The maximum Gasteiger partial charge on any atom is 0.442 e. The van der Waals surface area contributed by atoms with Gasteiger partial charge in [0.15, 0.2) is 6.04 Å². The number of carbonyl (C=O) groups is 2. The molecule has 0 saturated carbocycles. The van der Waals surface area contributed by atoms with E-state index < -0.39 is 52.7 Å². The number of esters is 1. The molecular weight excluding hydrogens is 464 g/mol. The molecule has 13 heteroatoms. The Bertz CT molecular complexity index is 988. The zero-order chi connectivity index (χ0) is 24.3. The lowest BCUT2D eigenvalue weighted by molar-refractivity contribution is -0.147. The van der Waals surface area contributed by atoms with Crippen molar-refractivity contribution in [3.63, 3.8) is 0 Å². The topological polar surface area (TPSA) is 73.2 Å². The molecule has 1 atom stereocenters. The van der Waals surface area contributed by atoms with Crippen LogP contribution in [0.15, 0.2) is 24.3 Å². The van der Waals surface area contributed by atoms with E-state index in [1.165, 1.54) is 32.9 Å². The highest BCUT2D eigenvalue weighted by molar-refractivity contribution is 8.00. The van der Waals surface area contributed by atoms with Crippen molar-refractivity contribution >= 4 is 23.6 Å². The number of halogens is 6. The highest BCUT2D eigenvalue weighted by atomic mass is 32.2. The van der Waals surface area contributed by atoms with Crippen LogP contribution in [-0.4, -0.2) is 39.5 Å². The molecule has 1 unspecified atom stereocenters. The van der Waals surface area contributed by atoms with Crippen LogP contribution in [0.1, 0.15) is 35.5 Å². The summed E-state index contributed by atoms with van der Waals surface area (Å²) in [6, 6.07) is 2.82. The van der Waals surface area contributed by atoms with Crippen molar-refractivity contribution in [3.05, 3.63) is 46.8 Å². The van der Waals surface area contributed by atoms with Crippen molar-refractivity contribution in [3.8, 4) is 5.69 Å². The lowest BCUT2D eigenvalue weighted by Crippen LogP contribution is -2.37. The van der Waals surface area contributed by atoms with Gasteiger partial charge in [0.25, 0.3) is 0 Å². The van der Waals surface area contributed by atoms with Gasteiger partial charge in [0.1, 0.15) is 0 Å². The smallest absolute Gasteiger partial charge is 0.442 e. The number of aromatic nitrogens is 2. The van der Waals surface area contributed by atoms with E-state index in [1.807, 2.05) is 0 Å². The van der Waals surface area contributed by atoms with Crippen molar-refractivity contribution in [2.45, 2.75) is 38.5 Å². The van der Waals surface area contributed by atoms with Gasteiger partial charge < -0.3 is 10.1 Å². The van der Waals surface area contributed by atoms with Crippen molar-refractivity contribution in [2.75, 3.05) is 12.4 Å². The monoisotopic (exact) mass is 483 g/mol. The van der Waals surface area contributed by atoms with Crippen LogP contribution in [0.25, 0.3) is 5.69 Å². The number of rotatable bonds is 7. The van der Waals surface area contributed by atoms with Crippen LogP contribution in [0.4, 0.5) is 26.3 Å². The van der Waals surface area contributed by atoms with Crippen molar-refractivity contribution in [2.24, 2.45) is 0 Å². The molecule has 2 rings (SSSR count). The third-order valence-electron chi connectivity index (χ3n) is 4.25. The molecule has 0 radical (unpaired) electrons. The second-order valence-corrected chi connectivity index (χ2v) is 7.57. The predicted molar refractivity (Wildman–Crippen MR) is 104 cm³/mol. The second-order valence-electron chi connectivity index (χ2n) is 6.53. The molecule has 0 aliphatic carbocycles. The Kier molecular flexibility index (Phi) is 7.86. The average molecular weight is 483 g/mol. The fourth-order valence-corrected chi connectivity index (χ4v) is 3.34. The molecule has 1 N–H and O–H groups in total. The molecule has 1 aromatic heterocycles. The molecule has 0 spiro atoms. The van der Waals surface area contributed by atoms with E-state index in [0.29, 0.717) is 0 Å². The van der Waals surface area contributed by atoms with E-state index in [-0.39, 0.29) is 29.2 Å². The number of aryl methyl sites for hydroxylation is 1. The fraction of sp³-hybridized carbons (Fsp3) is 0.421. The number of carbonyl (C=O) groups excluding carboxylic acids is 2. The van der Waals surface area contributed by atoms with E-state index in [9.17, 15) is 35.9 Å². The minimum atomic E-state index is -4.64. The summed E-state index contributed by atoms with van der Waals surface area (Å²) in [4.78, 5) is 24.5. The average Bonchev–Trinajstić information content (AvgIpc) is 2.98. The van der Waals surface area contributed by atoms with Crippen molar-refractivity contribution in [1.82, 2.24) is 15.1 Å². The third kappa shape index (κ3) is 6.40. The minimum absolute atomic E-state index is 0.0493. The molecule has 0 aliphatic rings. The highest BCUT2D eigenvalue weighted by Gasteiger charge is 2.34. The lowest BCUT2D eigenvalue weighted by Gasteiger charge is -2.18. The summed E-state index contributed by atoms with van der Waals surface area (Å²) >= 11 is -0.573. The maximum absolute atomic E-state index is 13.1. The Hall–Kier alpha value is -2.70. The summed E-state index contributed by atoms with van der Waals surface area (Å²) in [6.45, 7) is 4.35. The molecule has 1 amide bonds. The van der Waals surface area contributed by atoms with Gasteiger partial charge in [-0.05, 0) is 50.7 Å². The number of hydrogen-bond acceptors (Lipinski definition) is 5. The molecule has 32 heavy (non-hydrogen) atoms. The third-order valence-corrected chi connectivity index (χ3v) is 4.98. The lowest BCUT2D eigenvalue weighted by atomic mass is 10.0. The first kappa shape index (κ1) is 25.6. The summed E-state index contributed by atoms with van der Waals surface area (Å²) in [5.41, 5.74) is -5.00. The van der Waals surface area contributed by atoms with Crippen LogP contribution in [0.2, 0.25) is 0 Å². The van der Waals surface area contributed by atoms with E-state index in [1.54, 1.807) is 0 Å². The molecule has 1 heterocycles. The Morgan fingerprint density at radius 1 is 1.19 bits per heavy atom. The number of hydrogen-bond donors (Lipinski definition) is 1. The van der Waals surface area contributed by atoms with Gasteiger partial charge >= 0.3 is 17.7 Å². The van der Waals surface area contributed by atoms with Gasteiger partial charge in [-0.2, -0.15) is 31.4 Å². The van der Waals surface area contributed by atoms with E-state index in [4.69, 9.17) is 4.74 Å². The number of ether oxygens (including phenoxy) is 1. The second kappa shape index (κ2) is 9.84.